The fraction of sp³-hybridized carbons (Fsp3) is 0.833. The predicted octanol–water partition coefficient (Wildman–Crippen LogP) is 0.0167. The lowest BCUT2D eigenvalue weighted by atomic mass is 9.96. The van der Waals surface area contributed by atoms with Crippen LogP contribution in [0.15, 0.2) is 0 Å². The molecule has 8 heteroatoms. The third-order valence-electron chi connectivity index (χ3n) is 4.96. The van der Waals surface area contributed by atoms with Crippen LogP contribution in [0, 0.1) is 5.92 Å². The van der Waals surface area contributed by atoms with Gasteiger partial charge in [0.2, 0.25) is 11.8 Å². The Hall–Kier alpha value is -1.67. The van der Waals surface area contributed by atoms with E-state index >= 15 is 0 Å². The van der Waals surface area contributed by atoms with E-state index in [1.165, 1.54) is 7.11 Å². The molecular weight excluding hydrogens is 338 g/mol. The van der Waals surface area contributed by atoms with Crippen molar-refractivity contribution < 1.29 is 23.9 Å². The monoisotopic (exact) mass is 369 g/mol. The number of carbonyl (C=O) groups excluding carboxylic acids is 3. The molecule has 0 spiro atoms. The predicted molar refractivity (Wildman–Crippen MR) is 95.4 cm³/mol. The summed E-state index contributed by atoms with van der Waals surface area (Å²) in [5, 5.41) is 2.87. The minimum Gasteiger partial charge on any atom is -0.469 e. The highest BCUT2D eigenvalue weighted by molar-refractivity contribution is 5.83. The van der Waals surface area contributed by atoms with Crippen LogP contribution in [-0.4, -0.2) is 87.2 Å². The molecule has 2 aliphatic rings. The molecule has 2 rings (SSSR count). The van der Waals surface area contributed by atoms with Crippen LogP contribution in [-0.2, 0) is 23.9 Å². The number of ether oxygens (including phenoxy) is 2. The lowest BCUT2D eigenvalue weighted by molar-refractivity contribution is -0.141. The van der Waals surface area contributed by atoms with Gasteiger partial charge in [0.15, 0.2) is 0 Å². The summed E-state index contributed by atoms with van der Waals surface area (Å²) in [7, 11) is 1.35. The SMILES string of the molecule is COC(=O)CCCNC(=O)[C@H]1CCC(=O)N(CCCN2CCOCC2)C1. The van der Waals surface area contributed by atoms with E-state index < -0.39 is 0 Å². The van der Waals surface area contributed by atoms with Crippen molar-refractivity contribution in [3.8, 4) is 0 Å². The molecule has 2 aliphatic heterocycles. The molecule has 0 aromatic carbocycles. The quantitative estimate of drug-likeness (QED) is 0.455. The van der Waals surface area contributed by atoms with Crippen molar-refractivity contribution in [2.24, 2.45) is 5.92 Å². The minimum atomic E-state index is -0.269. The molecule has 0 aromatic heterocycles. The van der Waals surface area contributed by atoms with Crippen molar-refractivity contribution in [2.75, 3.05) is 59.6 Å². The summed E-state index contributed by atoms with van der Waals surface area (Å²) < 4.78 is 9.91. The molecule has 0 aromatic rings. The maximum absolute atomic E-state index is 12.3. The van der Waals surface area contributed by atoms with Crippen molar-refractivity contribution in [2.45, 2.75) is 32.1 Å². The van der Waals surface area contributed by atoms with Gasteiger partial charge in [-0.2, -0.15) is 0 Å². The van der Waals surface area contributed by atoms with Gasteiger partial charge >= 0.3 is 5.97 Å². The van der Waals surface area contributed by atoms with Crippen LogP contribution >= 0.6 is 0 Å². The molecule has 1 N–H and O–H groups in total. The number of amides is 2. The topological polar surface area (TPSA) is 88.2 Å². The van der Waals surface area contributed by atoms with Crippen molar-refractivity contribution in [1.82, 2.24) is 15.1 Å². The second-order valence-corrected chi connectivity index (χ2v) is 6.85. The van der Waals surface area contributed by atoms with E-state index in [9.17, 15) is 14.4 Å². The first-order chi connectivity index (χ1) is 12.6. The fourth-order valence-corrected chi connectivity index (χ4v) is 3.35. The lowest BCUT2D eigenvalue weighted by Gasteiger charge is -2.33. The van der Waals surface area contributed by atoms with Crippen LogP contribution in [0.25, 0.3) is 0 Å². The highest BCUT2D eigenvalue weighted by Gasteiger charge is 2.29. The molecule has 2 amide bonds. The zero-order chi connectivity index (χ0) is 18.8. The fourth-order valence-electron chi connectivity index (χ4n) is 3.35. The number of carbonyl (C=O) groups is 3. The maximum atomic E-state index is 12.3. The van der Waals surface area contributed by atoms with Gasteiger partial charge in [-0.05, 0) is 19.3 Å². The van der Waals surface area contributed by atoms with Gasteiger partial charge < -0.3 is 19.7 Å². The molecule has 1 atom stereocenters. The number of piperidine rings is 1. The van der Waals surface area contributed by atoms with Crippen LogP contribution in [0.5, 0.6) is 0 Å². The second-order valence-electron chi connectivity index (χ2n) is 6.85. The Morgan fingerprint density at radius 2 is 2.00 bits per heavy atom. The van der Waals surface area contributed by atoms with Crippen LogP contribution in [0.2, 0.25) is 0 Å². The lowest BCUT2D eigenvalue weighted by Crippen LogP contribution is -2.47. The standard InChI is InChI=1S/C18H31N3O5/c1-25-17(23)4-2-7-19-18(24)15-5-6-16(22)21(14-15)9-3-8-20-10-12-26-13-11-20/h15H,2-14H2,1H3,(H,19,24)/t15-/m0/s1. The zero-order valence-corrected chi connectivity index (χ0v) is 15.7. The van der Waals surface area contributed by atoms with Crippen molar-refractivity contribution in [3.05, 3.63) is 0 Å². The molecular formula is C18H31N3O5. The largest absolute Gasteiger partial charge is 0.469 e. The number of methoxy groups -OCH3 is 1. The molecule has 26 heavy (non-hydrogen) atoms. The van der Waals surface area contributed by atoms with Gasteiger partial charge in [0.25, 0.3) is 0 Å². The summed E-state index contributed by atoms with van der Waals surface area (Å²) in [4.78, 5) is 39.7. The van der Waals surface area contributed by atoms with E-state index in [-0.39, 0.29) is 23.7 Å². The van der Waals surface area contributed by atoms with Crippen LogP contribution in [0.4, 0.5) is 0 Å². The normalized spacial score (nSPS) is 21.5. The van der Waals surface area contributed by atoms with E-state index in [1.807, 2.05) is 4.90 Å². The van der Waals surface area contributed by atoms with Gasteiger partial charge in [0.05, 0.1) is 26.2 Å². The van der Waals surface area contributed by atoms with Gasteiger partial charge in [-0.1, -0.05) is 0 Å². The Kier molecular flexibility index (Phi) is 8.84. The Bertz CT molecular complexity index is 479. The number of nitrogens with zero attached hydrogens (tertiary/aromatic N) is 2. The number of hydrogen-bond donors (Lipinski definition) is 1. The van der Waals surface area contributed by atoms with Crippen molar-refractivity contribution in [3.63, 3.8) is 0 Å². The molecule has 0 radical (unpaired) electrons. The van der Waals surface area contributed by atoms with E-state index in [2.05, 4.69) is 15.0 Å². The maximum Gasteiger partial charge on any atom is 0.305 e. The Morgan fingerprint density at radius 3 is 2.73 bits per heavy atom. The van der Waals surface area contributed by atoms with Gasteiger partial charge in [-0.25, -0.2) is 0 Å². The molecule has 0 unspecified atom stereocenters. The Morgan fingerprint density at radius 1 is 1.23 bits per heavy atom. The van der Waals surface area contributed by atoms with Crippen LogP contribution in [0.1, 0.15) is 32.1 Å². The number of esters is 1. The molecule has 0 saturated carbocycles. The average Bonchev–Trinajstić information content (AvgIpc) is 2.67. The zero-order valence-electron chi connectivity index (χ0n) is 15.7. The highest BCUT2D eigenvalue weighted by Crippen LogP contribution is 2.18. The number of rotatable bonds is 9. The van der Waals surface area contributed by atoms with Gasteiger partial charge in [-0.3, -0.25) is 19.3 Å². The smallest absolute Gasteiger partial charge is 0.305 e. The van der Waals surface area contributed by atoms with E-state index in [0.717, 1.165) is 39.3 Å². The average molecular weight is 369 g/mol. The minimum absolute atomic E-state index is 0.0273. The van der Waals surface area contributed by atoms with E-state index in [1.54, 1.807) is 0 Å². The van der Waals surface area contributed by atoms with Crippen molar-refractivity contribution in [1.29, 1.82) is 0 Å². The van der Waals surface area contributed by atoms with Gasteiger partial charge in [0.1, 0.15) is 0 Å². The highest BCUT2D eigenvalue weighted by atomic mass is 16.5. The summed E-state index contributed by atoms with van der Waals surface area (Å²) in [6.45, 7) is 6.05. The summed E-state index contributed by atoms with van der Waals surface area (Å²) >= 11 is 0. The first-order valence-electron chi connectivity index (χ1n) is 9.52. The number of morpholine rings is 1. The second kappa shape index (κ2) is 11.1. The first-order valence-corrected chi connectivity index (χ1v) is 9.52. The number of likely N-dealkylation sites (tertiary alicyclic amines) is 1. The first kappa shape index (κ1) is 20.6. The van der Waals surface area contributed by atoms with Crippen molar-refractivity contribution >= 4 is 17.8 Å². The molecule has 8 nitrogen and oxygen atoms in total. The van der Waals surface area contributed by atoms with E-state index in [4.69, 9.17) is 4.74 Å². The van der Waals surface area contributed by atoms with Gasteiger partial charge in [0, 0.05) is 52.1 Å². The van der Waals surface area contributed by atoms with Gasteiger partial charge in [-0.15, -0.1) is 0 Å². The summed E-state index contributed by atoms with van der Waals surface area (Å²) in [5.74, 6) is -0.314. The van der Waals surface area contributed by atoms with Crippen LogP contribution < -0.4 is 5.32 Å². The summed E-state index contributed by atoms with van der Waals surface area (Å²) in [6.07, 6.45) is 2.81. The molecule has 2 fully saturated rings. The van der Waals surface area contributed by atoms with Crippen LogP contribution in [0.3, 0.4) is 0 Å². The molecule has 2 heterocycles. The third kappa shape index (κ3) is 6.92. The Balaban J connectivity index is 1.66. The summed E-state index contributed by atoms with van der Waals surface area (Å²) in [5.41, 5.74) is 0. The molecule has 2 saturated heterocycles. The number of nitrogens with one attached hydrogen (secondary N) is 1. The van der Waals surface area contributed by atoms with E-state index in [0.29, 0.717) is 45.3 Å². The molecule has 148 valence electrons. The Labute approximate surface area is 155 Å². The third-order valence-corrected chi connectivity index (χ3v) is 4.96. The number of hydrogen-bond acceptors (Lipinski definition) is 6. The summed E-state index contributed by atoms with van der Waals surface area (Å²) in [6, 6.07) is 0. The molecule has 0 aliphatic carbocycles. The molecule has 0 bridgehead atoms.